The standard InChI is InChI=1S/C42H25NO2/c1-2-12-28(13-3-1)43-36-20-9-8-17-33(36)42-40(43)35-19-10-18-32(41(35)45-42)31-16-7-6-14-29(31)27-21-23-34-38(25-27)44-37-24-22-26-11-4-5-15-30(26)39(34)37/h1-25H. The molecule has 0 aliphatic carbocycles. The number of para-hydroxylation sites is 3. The van der Waals surface area contributed by atoms with Crippen LogP contribution in [0.2, 0.25) is 0 Å². The van der Waals surface area contributed by atoms with Crippen LogP contribution >= 0.6 is 0 Å². The SMILES string of the molecule is c1ccc(-n2c3ccccc3c3oc4c(-c5ccccc5-c5ccc6c(c5)oc5ccc7ccccc7c56)cccc4c32)cc1. The van der Waals surface area contributed by atoms with Gasteiger partial charge in [-0.05, 0) is 76.0 Å². The Kier molecular flexibility index (Phi) is 5.00. The number of aromatic nitrogens is 1. The molecule has 0 bridgehead atoms. The Bertz CT molecular complexity index is 2760. The van der Waals surface area contributed by atoms with Crippen molar-refractivity contribution >= 4 is 65.7 Å². The molecule has 7 aromatic carbocycles. The fourth-order valence-electron chi connectivity index (χ4n) is 7.23. The molecule has 0 saturated carbocycles. The smallest absolute Gasteiger partial charge is 0.161 e. The Morgan fingerprint density at radius 1 is 0.422 bits per heavy atom. The number of furan rings is 2. The van der Waals surface area contributed by atoms with E-state index in [4.69, 9.17) is 8.83 Å². The summed E-state index contributed by atoms with van der Waals surface area (Å²) in [5.41, 5.74) is 11.4. The van der Waals surface area contributed by atoms with E-state index in [0.717, 1.165) is 77.5 Å². The minimum atomic E-state index is 0.888. The van der Waals surface area contributed by atoms with Gasteiger partial charge in [-0.15, -0.1) is 0 Å². The van der Waals surface area contributed by atoms with Crippen LogP contribution in [0.4, 0.5) is 0 Å². The van der Waals surface area contributed by atoms with Gasteiger partial charge in [-0.1, -0.05) is 103 Å². The maximum absolute atomic E-state index is 6.86. The first kappa shape index (κ1) is 24.4. The van der Waals surface area contributed by atoms with E-state index < -0.39 is 0 Å². The summed E-state index contributed by atoms with van der Waals surface area (Å²) in [5.74, 6) is 0. The van der Waals surface area contributed by atoms with Crippen LogP contribution in [0, 0.1) is 0 Å². The number of fused-ring (bicyclic) bond motifs is 10. The molecule has 0 unspecified atom stereocenters. The monoisotopic (exact) mass is 575 g/mol. The highest BCUT2D eigenvalue weighted by Gasteiger charge is 2.22. The first-order valence-electron chi connectivity index (χ1n) is 15.3. The van der Waals surface area contributed by atoms with Crippen molar-refractivity contribution in [2.75, 3.05) is 0 Å². The number of nitrogens with zero attached hydrogens (tertiary/aromatic N) is 1. The molecule has 45 heavy (non-hydrogen) atoms. The van der Waals surface area contributed by atoms with Gasteiger partial charge in [-0.2, -0.15) is 0 Å². The predicted molar refractivity (Wildman–Crippen MR) is 186 cm³/mol. The Morgan fingerprint density at radius 2 is 1.16 bits per heavy atom. The normalized spacial score (nSPS) is 12.0. The van der Waals surface area contributed by atoms with Crippen molar-refractivity contribution in [1.82, 2.24) is 4.57 Å². The summed E-state index contributed by atoms with van der Waals surface area (Å²) in [6.07, 6.45) is 0. The molecule has 0 N–H and O–H groups in total. The summed E-state index contributed by atoms with van der Waals surface area (Å²) in [6, 6.07) is 53.4. The zero-order valence-corrected chi connectivity index (χ0v) is 24.2. The third kappa shape index (κ3) is 3.46. The predicted octanol–water partition coefficient (Wildman–Crippen LogP) is 11.9. The van der Waals surface area contributed by atoms with Crippen molar-refractivity contribution in [3.05, 3.63) is 152 Å². The topological polar surface area (TPSA) is 31.2 Å². The molecule has 0 atom stereocenters. The maximum atomic E-state index is 6.86. The average molecular weight is 576 g/mol. The molecule has 3 heteroatoms. The lowest BCUT2D eigenvalue weighted by Gasteiger charge is -2.11. The highest BCUT2D eigenvalue weighted by molar-refractivity contribution is 6.20. The molecule has 0 aliphatic rings. The molecule has 0 aliphatic heterocycles. The Morgan fingerprint density at radius 3 is 2.07 bits per heavy atom. The largest absolute Gasteiger partial charge is 0.456 e. The third-order valence-corrected chi connectivity index (χ3v) is 9.21. The Balaban J connectivity index is 1.21. The van der Waals surface area contributed by atoms with Gasteiger partial charge < -0.3 is 13.4 Å². The summed E-state index contributed by atoms with van der Waals surface area (Å²) in [5, 5.41) is 6.93. The zero-order chi connectivity index (χ0) is 29.5. The quantitative estimate of drug-likeness (QED) is 0.210. The van der Waals surface area contributed by atoms with Gasteiger partial charge in [-0.25, -0.2) is 0 Å². The van der Waals surface area contributed by atoms with E-state index in [1.54, 1.807) is 0 Å². The van der Waals surface area contributed by atoms with Crippen LogP contribution < -0.4 is 0 Å². The van der Waals surface area contributed by atoms with E-state index in [9.17, 15) is 0 Å². The maximum Gasteiger partial charge on any atom is 0.161 e. The molecule has 210 valence electrons. The molecule has 3 heterocycles. The van der Waals surface area contributed by atoms with E-state index in [2.05, 4.69) is 156 Å². The van der Waals surface area contributed by atoms with Crippen molar-refractivity contribution in [2.24, 2.45) is 0 Å². The van der Waals surface area contributed by atoms with Crippen LogP contribution in [0.15, 0.2) is 160 Å². The van der Waals surface area contributed by atoms with Crippen LogP contribution in [0.1, 0.15) is 0 Å². The molecular formula is C42H25NO2. The van der Waals surface area contributed by atoms with Gasteiger partial charge in [0.15, 0.2) is 5.58 Å². The van der Waals surface area contributed by atoms with Crippen LogP contribution in [0.3, 0.4) is 0 Å². The summed E-state index contributed by atoms with van der Waals surface area (Å²) < 4.78 is 15.6. The minimum Gasteiger partial charge on any atom is -0.456 e. The van der Waals surface area contributed by atoms with Crippen molar-refractivity contribution in [3.8, 4) is 27.9 Å². The molecule has 0 saturated heterocycles. The van der Waals surface area contributed by atoms with Gasteiger partial charge >= 0.3 is 0 Å². The second-order valence-corrected chi connectivity index (χ2v) is 11.7. The van der Waals surface area contributed by atoms with Gasteiger partial charge in [0.2, 0.25) is 0 Å². The first-order valence-corrected chi connectivity index (χ1v) is 15.3. The van der Waals surface area contributed by atoms with Crippen LogP contribution in [-0.2, 0) is 0 Å². The van der Waals surface area contributed by atoms with E-state index in [0.29, 0.717) is 0 Å². The van der Waals surface area contributed by atoms with Crippen molar-refractivity contribution < 1.29 is 8.83 Å². The average Bonchev–Trinajstić information content (AvgIpc) is 3.77. The minimum absolute atomic E-state index is 0.888. The fourth-order valence-corrected chi connectivity index (χ4v) is 7.23. The second kappa shape index (κ2) is 9.22. The van der Waals surface area contributed by atoms with Crippen molar-refractivity contribution in [3.63, 3.8) is 0 Å². The fraction of sp³-hybridized carbons (Fsp3) is 0. The number of rotatable bonds is 3. The molecule has 3 nitrogen and oxygen atoms in total. The summed E-state index contributed by atoms with van der Waals surface area (Å²) in [4.78, 5) is 0. The van der Waals surface area contributed by atoms with E-state index in [1.807, 2.05) is 0 Å². The molecule has 0 fully saturated rings. The van der Waals surface area contributed by atoms with Gasteiger partial charge in [0.1, 0.15) is 22.3 Å². The van der Waals surface area contributed by atoms with Gasteiger partial charge in [0.25, 0.3) is 0 Å². The van der Waals surface area contributed by atoms with Crippen LogP contribution in [0.5, 0.6) is 0 Å². The van der Waals surface area contributed by atoms with E-state index in [-0.39, 0.29) is 0 Å². The highest BCUT2D eigenvalue weighted by atomic mass is 16.3. The zero-order valence-electron chi connectivity index (χ0n) is 24.2. The van der Waals surface area contributed by atoms with Crippen molar-refractivity contribution in [1.29, 1.82) is 0 Å². The molecule has 0 amide bonds. The lowest BCUT2D eigenvalue weighted by Crippen LogP contribution is -1.93. The van der Waals surface area contributed by atoms with Gasteiger partial charge in [0, 0.05) is 32.8 Å². The summed E-state index contributed by atoms with van der Waals surface area (Å²) in [6.45, 7) is 0. The second-order valence-electron chi connectivity index (χ2n) is 11.7. The Labute approximate surface area is 258 Å². The number of benzene rings is 7. The molecule has 10 aromatic rings. The molecule has 0 radical (unpaired) electrons. The lowest BCUT2D eigenvalue weighted by atomic mass is 9.93. The summed E-state index contributed by atoms with van der Waals surface area (Å²) >= 11 is 0. The number of hydrogen-bond donors (Lipinski definition) is 0. The van der Waals surface area contributed by atoms with Crippen LogP contribution in [-0.4, -0.2) is 4.57 Å². The highest BCUT2D eigenvalue weighted by Crippen LogP contribution is 2.44. The summed E-state index contributed by atoms with van der Waals surface area (Å²) in [7, 11) is 0. The molecule has 10 rings (SSSR count). The molecular weight excluding hydrogens is 550 g/mol. The number of hydrogen-bond acceptors (Lipinski definition) is 2. The lowest BCUT2D eigenvalue weighted by molar-refractivity contribution is 0.669. The third-order valence-electron chi connectivity index (χ3n) is 9.21. The Hall–Kier alpha value is -6.06. The van der Waals surface area contributed by atoms with E-state index in [1.165, 1.54) is 16.2 Å². The van der Waals surface area contributed by atoms with Crippen LogP contribution in [0.25, 0.3) is 93.6 Å². The van der Waals surface area contributed by atoms with E-state index >= 15 is 0 Å². The van der Waals surface area contributed by atoms with Gasteiger partial charge in [-0.3, -0.25) is 0 Å². The first-order chi connectivity index (χ1) is 22.3. The van der Waals surface area contributed by atoms with Gasteiger partial charge in [0.05, 0.1) is 5.52 Å². The molecule has 0 spiro atoms. The molecule has 3 aromatic heterocycles. The van der Waals surface area contributed by atoms with Crippen molar-refractivity contribution in [2.45, 2.75) is 0 Å².